The standard InChI is InChI=1S/C12H26N2/c1-3-5-10-14(12-6-7-12)11-9-13-8-4-2/h12-13H,3-11H2,1-2H3. The molecule has 0 spiro atoms. The van der Waals surface area contributed by atoms with Gasteiger partial charge < -0.3 is 5.32 Å². The third-order valence-corrected chi connectivity index (χ3v) is 2.86. The Labute approximate surface area is 89.1 Å². The van der Waals surface area contributed by atoms with E-state index in [4.69, 9.17) is 0 Å². The van der Waals surface area contributed by atoms with Crippen LogP contribution in [0.2, 0.25) is 0 Å². The molecule has 2 heteroatoms. The van der Waals surface area contributed by atoms with Gasteiger partial charge in [-0.15, -0.1) is 0 Å². The van der Waals surface area contributed by atoms with Gasteiger partial charge in [-0.1, -0.05) is 20.3 Å². The molecule has 1 aliphatic rings. The molecule has 0 amide bonds. The molecule has 0 aromatic carbocycles. The summed E-state index contributed by atoms with van der Waals surface area (Å²) in [7, 11) is 0. The van der Waals surface area contributed by atoms with E-state index >= 15 is 0 Å². The molecule has 1 aliphatic carbocycles. The van der Waals surface area contributed by atoms with Crippen LogP contribution in [0.25, 0.3) is 0 Å². The molecular formula is C12H26N2. The summed E-state index contributed by atoms with van der Waals surface area (Å²) in [6.45, 7) is 9.42. The fourth-order valence-electron chi connectivity index (χ4n) is 1.80. The fourth-order valence-corrected chi connectivity index (χ4v) is 1.80. The van der Waals surface area contributed by atoms with Crippen molar-refractivity contribution in [1.82, 2.24) is 10.2 Å². The average molecular weight is 198 g/mol. The molecule has 0 aliphatic heterocycles. The van der Waals surface area contributed by atoms with Crippen molar-refractivity contribution >= 4 is 0 Å². The summed E-state index contributed by atoms with van der Waals surface area (Å²) >= 11 is 0. The molecule has 0 heterocycles. The Morgan fingerprint density at radius 1 is 1.07 bits per heavy atom. The summed E-state index contributed by atoms with van der Waals surface area (Å²) < 4.78 is 0. The van der Waals surface area contributed by atoms with Gasteiger partial charge in [-0.3, -0.25) is 4.90 Å². The number of nitrogens with one attached hydrogen (secondary N) is 1. The van der Waals surface area contributed by atoms with Crippen LogP contribution < -0.4 is 5.32 Å². The van der Waals surface area contributed by atoms with Crippen molar-refractivity contribution in [3.05, 3.63) is 0 Å². The van der Waals surface area contributed by atoms with Crippen LogP contribution in [0, 0.1) is 0 Å². The predicted octanol–water partition coefficient (Wildman–Crippen LogP) is 2.25. The van der Waals surface area contributed by atoms with Gasteiger partial charge in [0.15, 0.2) is 0 Å². The quantitative estimate of drug-likeness (QED) is 0.572. The minimum atomic E-state index is 0.935. The first-order valence-corrected chi connectivity index (χ1v) is 6.33. The van der Waals surface area contributed by atoms with Crippen LogP contribution in [0.3, 0.4) is 0 Å². The zero-order valence-corrected chi connectivity index (χ0v) is 9.89. The van der Waals surface area contributed by atoms with Crippen molar-refractivity contribution in [2.75, 3.05) is 26.2 Å². The first kappa shape index (κ1) is 12.0. The van der Waals surface area contributed by atoms with Gasteiger partial charge in [0.2, 0.25) is 0 Å². The minimum Gasteiger partial charge on any atom is -0.315 e. The highest BCUT2D eigenvalue weighted by molar-refractivity contribution is 4.84. The van der Waals surface area contributed by atoms with E-state index in [1.807, 2.05) is 0 Å². The number of rotatable bonds is 9. The van der Waals surface area contributed by atoms with E-state index in [9.17, 15) is 0 Å². The highest BCUT2D eigenvalue weighted by Gasteiger charge is 2.27. The van der Waals surface area contributed by atoms with Crippen LogP contribution in [0.4, 0.5) is 0 Å². The molecule has 0 aromatic rings. The van der Waals surface area contributed by atoms with Gasteiger partial charge in [0.1, 0.15) is 0 Å². The van der Waals surface area contributed by atoms with Crippen LogP contribution in [-0.2, 0) is 0 Å². The summed E-state index contributed by atoms with van der Waals surface area (Å²) in [5.41, 5.74) is 0. The van der Waals surface area contributed by atoms with Gasteiger partial charge in [-0.05, 0) is 38.8 Å². The van der Waals surface area contributed by atoms with Gasteiger partial charge in [0, 0.05) is 19.1 Å². The van der Waals surface area contributed by atoms with E-state index < -0.39 is 0 Å². The van der Waals surface area contributed by atoms with Crippen LogP contribution in [0.15, 0.2) is 0 Å². The molecule has 0 atom stereocenters. The Morgan fingerprint density at radius 2 is 1.86 bits per heavy atom. The highest BCUT2D eigenvalue weighted by atomic mass is 15.2. The topological polar surface area (TPSA) is 15.3 Å². The Bertz CT molecular complexity index is 132. The largest absolute Gasteiger partial charge is 0.315 e. The molecule has 0 radical (unpaired) electrons. The van der Waals surface area contributed by atoms with Crippen molar-refractivity contribution < 1.29 is 0 Å². The molecule has 0 bridgehead atoms. The SMILES string of the molecule is CCCCN(CCNCCC)C1CC1. The highest BCUT2D eigenvalue weighted by Crippen LogP contribution is 2.26. The molecule has 0 aromatic heterocycles. The van der Waals surface area contributed by atoms with Gasteiger partial charge in [-0.25, -0.2) is 0 Å². The smallest absolute Gasteiger partial charge is 0.0110 e. The zero-order valence-electron chi connectivity index (χ0n) is 9.89. The summed E-state index contributed by atoms with van der Waals surface area (Å²) in [5, 5.41) is 3.48. The molecule has 14 heavy (non-hydrogen) atoms. The molecule has 1 saturated carbocycles. The number of unbranched alkanes of at least 4 members (excludes halogenated alkanes) is 1. The molecular weight excluding hydrogens is 172 g/mol. The van der Waals surface area contributed by atoms with Crippen molar-refractivity contribution in [3.63, 3.8) is 0 Å². The lowest BCUT2D eigenvalue weighted by Crippen LogP contribution is -2.34. The zero-order chi connectivity index (χ0) is 10.2. The molecule has 1 rings (SSSR count). The van der Waals surface area contributed by atoms with Gasteiger partial charge in [-0.2, -0.15) is 0 Å². The van der Waals surface area contributed by atoms with E-state index in [-0.39, 0.29) is 0 Å². The number of hydrogen-bond acceptors (Lipinski definition) is 2. The molecule has 0 saturated heterocycles. The van der Waals surface area contributed by atoms with Gasteiger partial charge in [0.25, 0.3) is 0 Å². The molecule has 1 N–H and O–H groups in total. The average Bonchev–Trinajstić information content (AvgIpc) is 3.00. The van der Waals surface area contributed by atoms with E-state index in [2.05, 4.69) is 24.1 Å². The first-order chi connectivity index (χ1) is 6.88. The minimum absolute atomic E-state index is 0.935. The lowest BCUT2D eigenvalue weighted by atomic mass is 10.3. The maximum absolute atomic E-state index is 3.48. The van der Waals surface area contributed by atoms with E-state index in [0.717, 1.165) is 6.04 Å². The maximum atomic E-state index is 3.48. The second-order valence-corrected chi connectivity index (χ2v) is 4.37. The van der Waals surface area contributed by atoms with Crippen LogP contribution >= 0.6 is 0 Å². The molecule has 2 nitrogen and oxygen atoms in total. The van der Waals surface area contributed by atoms with Crippen molar-refractivity contribution in [3.8, 4) is 0 Å². The lowest BCUT2D eigenvalue weighted by Gasteiger charge is -2.21. The summed E-state index contributed by atoms with van der Waals surface area (Å²) in [6.07, 6.45) is 6.82. The molecule has 0 unspecified atom stereocenters. The van der Waals surface area contributed by atoms with Crippen molar-refractivity contribution in [2.24, 2.45) is 0 Å². The van der Waals surface area contributed by atoms with Crippen molar-refractivity contribution in [1.29, 1.82) is 0 Å². The van der Waals surface area contributed by atoms with E-state index in [0.29, 0.717) is 0 Å². The Kier molecular flexibility index (Phi) is 6.20. The molecule has 84 valence electrons. The maximum Gasteiger partial charge on any atom is 0.0110 e. The van der Waals surface area contributed by atoms with Gasteiger partial charge >= 0.3 is 0 Å². The summed E-state index contributed by atoms with van der Waals surface area (Å²) in [5.74, 6) is 0. The second kappa shape index (κ2) is 7.24. The fraction of sp³-hybridized carbons (Fsp3) is 1.00. The van der Waals surface area contributed by atoms with Gasteiger partial charge in [0.05, 0.1) is 0 Å². The Morgan fingerprint density at radius 3 is 2.43 bits per heavy atom. The van der Waals surface area contributed by atoms with E-state index in [1.54, 1.807) is 0 Å². The van der Waals surface area contributed by atoms with Crippen LogP contribution in [0.5, 0.6) is 0 Å². The van der Waals surface area contributed by atoms with Crippen molar-refractivity contribution in [2.45, 2.75) is 52.0 Å². The van der Waals surface area contributed by atoms with Crippen LogP contribution in [0.1, 0.15) is 46.0 Å². The van der Waals surface area contributed by atoms with E-state index in [1.165, 1.54) is 58.3 Å². The first-order valence-electron chi connectivity index (χ1n) is 6.33. The van der Waals surface area contributed by atoms with Crippen LogP contribution in [-0.4, -0.2) is 37.1 Å². The molecule has 1 fully saturated rings. The Balaban J connectivity index is 2.02. The second-order valence-electron chi connectivity index (χ2n) is 4.37. The number of hydrogen-bond donors (Lipinski definition) is 1. The predicted molar refractivity (Wildman–Crippen MR) is 62.7 cm³/mol. The summed E-state index contributed by atoms with van der Waals surface area (Å²) in [4.78, 5) is 2.67. The summed E-state index contributed by atoms with van der Waals surface area (Å²) in [6, 6.07) is 0.935. The Hall–Kier alpha value is -0.0800. The number of nitrogens with zero attached hydrogens (tertiary/aromatic N) is 1. The normalized spacial score (nSPS) is 16.5. The third kappa shape index (κ3) is 4.97. The lowest BCUT2D eigenvalue weighted by molar-refractivity contribution is 0.259. The monoisotopic (exact) mass is 198 g/mol. The third-order valence-electron chi connectivity index (χ3n) is 2.86.